The highest BCUT2D eigenvalue weighted by Gasteiger charge is 2.23. The number of hydrogen-bond donors (Lipinski definition) is 1. The minimum atomic E-state index is 0.755. The summed E-state index contributed by atoms with van der Waals surface area (Å²) < 4.78 is 0. The maximum atomic E-state index is 4.53. The standard InChI is InChI=1S/C12H19N3/c1-8-11(6-10-4-5-10)9(2)15-12(14-8)7-13-3/h10,13H,4-7H2,1-3H3. The summed E-state index contributed by atoms with van der Waals surface area (Å²) in [5.41, 5.74) is 3.71. The van der Waals surface area contributed by atoms with E-state index in [4.69, 9.17) is 0 Å². The fourth-order valence-electron chi connectivity index (χ4n) is 1.95. The van der Waals surface area contributed by atoms with Gasteiger partial charge >= 0.3 is 0 Å². The molecular weight excluding hydrogens is 186 g/mol. The van der Waals surface area contributed by atoms with Crippen LogP contribution in [-0.2, 0) is 13.0 Å². The minimum Gasteiger partial charge on any atom is -0.313 e. The van der Waals surface area contributed by atoms with E-state index >= 15 is 0 Å². The predicted molar refractivity (Wildman–Crippen MR) is 60.7 cm³/mol. The van der Waals surface area contributed by atoms with Crippen molar-refractivity contribution in [3.05, 3.63) is 22.8 Å². The predicted octanol–water partition coefficient (Wildman–Crippen LogP) is 1.77. The van der Waals surface area contributed by atoms with Crippen molar-refractivity contribution in [2.24, 2.45) is 5.92 Å². The summed E-state index contributed by atoms with van der Waals surface area (Å²) in [5.74, 6) is 1.81. The van der Waals surface area contributed by atoms with Crippen molar-refractivity contribution in [1.29, 1.82) is 0 Å². The van der Waals surface area contributed by atoms with Gasteiger partial charge < -0.3 is 5.32 Å². The summed E-state index contributed by atoms with van der Waals surface area (Å²) in [5, 5.41) is 3.09. The average molecular weight is 205 g/mol. The molecule has 15 heavy (non-hydrogen) atoms. The molecular formula is C12H19N3. The summed E-state index contributed by atoms with van der Waals surface area (Å²) in [6.45, 7) is 4.96. The van der Waals surface area contributed by atoms with E-state index in [9.17, 15) is 0 Å². The highest BCUT2D eigenvalue weighted by molar-refractivity contribution is 5.25. The van der Waals surface area contributed by atoms with Crippen LogP contribution in [0.1, 0.15) is 35.6 Å². The normalized spacial score (nSPS) is 15.7. The van der Waals surface area contributed by atoms with Crippen molar-refractivity contribution in [3.8, 4) is 0 Å². The third-order valence-corrected chi connectivity index (χ3v) is 2.99. The molecule has 1 saturated carbocycles. The maximum absolute atomic E-state index is 4.53. The second-order valence-electron chi connectivity index (χ2n) is 4.47. The first-order chi connectivity index (χ1) is 7.20. The molecule has 1 aromatic rings. The Kier molecular flexibility index (Phi) is 3.00. The van der Waals surface area contributed by atoms with Crippen molar-refractivity contribution in [2.45, 2.75) is 39.7 Å². The molecule has 0 amide bonds. The zero-order chi connectivity index (χ0) is 10.8. The van der Waals surface area contributed by atoms with Crippen LogP contribution in [0.2, 0.25) is 0 Å². The van der Waals surface area contributed by atoms with E-state index in [1.54, 1.807) is 0 Å². The lowest BCUT2D eigenvalue weighted by molar-refractivity contribution is 0.726. The molecule has 1 aliphatic rings. The molecule has 1 N–H and O–H groups in total. The van der Waals surface area contributed by atoms with Gasteiger partial charge in [-0.1, -0.05) is 0 Å². The number of nitrogens with one attached hydrogen (secondary N) is 1. The van der Waals surface area contributed by atoms with Crippen molar-refractivity contribution >= 4 is 0 Å². The van der Waals surface area contributed by atoms with Gasteiger partial charge in [-0.05, 0) is 51.6 Å². The van der Waals surface area contributed by atoms with Crippen LogP contribution in [0.4, 0.5) is 0 Å². The molecule has 0 bridgehead atoms. The molecule has 2 rings (SSSR count). The molecule has 0 unspecified atom stereocenters. The zero-order valence-corrected chi connectivity index (χ0v) is 9.80. The SMILES string of the molecule is CNCc1nc(C)c(CC2CC2)c(C)n1. The lowest BCUT2D eigenvalue weighted by atomic mass is 10.1. The van der Waals surface area contributed by atoms with Crippen LogP contribution < -0.4 is 5.32 Å². The first kappa shape index (κ1) is 10.6. The molecule has 1 aromatic heterocycles. The van der Waals surface area contributed by atoms with E-state index in [1.807, 2.05) is 7.05 Å². The Morgan fingerprint density at radius 2 is 1.80 bits per heavy atom. The number of aryl methyl sites for hydroxylation is 2. The zero-order valence-electron chi connectivity index (χ0n) is 9.80. The molecule has 0 aromatic carbocycles. The van der Waals surface area contributed by atoms with E-state index in [2.05, 4.69) is 29.1 Å². The fourth-order valence-corrected chi connectivity index (χ4v) is 1.95. The molecule has 3 heteroatoms. The van der Waals surface area contributed by atoms with Gasteiger partial charge in [-0.15, -0.1) is 0 Å². The third-order valence-electron chi connectivity index (χ3n) is 2.99. The second kappa shape index (κ2) is 4.27. The van der Waals surface area contributed by atoms with Crippen molar-refractivity contribution in [1.82, 2.24) is 15.3 Å². The molecule has 0 saturated heterocycles. The van der Waals surface area contributed by atoms with Crippen LogP contribution >= 0.6 is 0 Å². The summed E-state index contributed by atoms with van der Waals surface area (Å²) in [6, 6.07) is 0. The smallest absolute Gasteiger partial charge is 0.142 e. The Bertz CT molecular complexity index is 333. The lowest BCUT2D eigenvalue weighted by Gasteiger charge is -2.10. The van der Waals surface area contributed by atoms with Crippen molar-refractivity contribution in [2.75, 3.05) is 7.05 Å². The largest absolute Gasteiger partial charge is 0.313 e. The topological polar surface area (TPSA) is 37.8 Å². The Morgan fingerprint density at radius 1 is 1.20 bits per heavy atom. The molecule has 0 spiro atoms. The molecule has 0 radical (unpaired) electrons. The van der Waals surface area contributed by atoms with Crippen molar-refractivity contribution in [3.63, 3.8) is 0 Å². The first-order valence-electron chi connectivity index (χ1n) is 5.68. The number of hydrogen-bond acceptors (Lipinski definition) is 3. The Balaban J connectivity index is 2.21. The van der Waals surface area contributed by atoms with Gasteiger partial charge in [-0.3, -0.25) is 0 Å². The minimum absolute atomic E-state index is 0.755. The first-order valence-corrected chi connectivity index (χ1v) is 5.68. The molecule has 1 fully saturated rings. The Hall–Kier alpha value is -0.960. The van der Waals surface area contributed by atoms with Gasteiger partial charge in [0, 0.05) is 11.4 Å². The van der Waals surface area contributed by atoms with Gasteiger partial charge in [0.05, 0.1) is 6.54 Å². The lowest BCUT2D eigenvalue weighted by Crippen LogP contribution is -2.12. The van der Waals surface area contributed by atoms with E-state index in [-0.39, 0.29) is 0 Å². The van der Waals surface area contributed by atoms with Crippen LogP contribution in [0.15, 0.2) is 0 Å². The summed E-state index contributed by atoms with van der Waals surface area (Å²) >= 11 is 0. The molecule has 1 heterocycles. The van der Waals surface area contributed by atoms with Crippen molar-refractivity contribution < 1.29 is 0 Å². The van der Waals surface area contributed by atoms with Crippen LogP contribution in [0.5, 0.6) is 0 Å². The number of nitrogens with zero attached hydrogens (tertiary/aromatic N) is 2. The van der Waals surface area contributed by atoms with E-state index in [1.165, 1.54) is 36.2 Å². The van der Waals surface area contributed by atoms with E-state index < -0.39 is 0 Å². The molecule has 0 atom stereocenters. The van der Waals surface area contributed by atoms with E-state index in [0.717, 1.165) is 18.3 Å². The van der Waals surface area contributed by atoms with Crippen LogP contribution in [-0.4, -0.2) is 17.0 Å². The van der Waals surface area contributed by atoms with Gasteiger partial charge in [0.2, 0.25) is 0 Å². The van der Waals surface area contributed by atoms with Crippen LogP contribution in [0.25, 0.3) is 0 Å². The van der Waals surface area contributed by atoms with Crippen LogP contribution in [0, 0.1) is 19.8 Å². The fraction of sp³-hybridized carbons (Fsp3) is 0.667. The highest BCUT2D eigenvalue weighted by Crippen LogP contribution is 2.33. The summed E-state index contributed by atoms with van der Waals surface area (Å²) in [4.78, 5) is 9.06. The number of aromatic nitrogens is 2. The summed E-state index contributed by atoms with van der Waals surface area (Å²) in [6.07, 6.45) is 3.95. The Labute approximate surface area is 91.3 Å². The maximum Gasteiger partial charge on any atom is 0.142 e. The second-order valence-corrected chi connectivity index (χ2v) is 4.47. The quantitative estimate of drug-likeness (QED) is 0.814. The third kappa shape index (κ3) is 2.53. The monoisotopic (exact) mass is 205 g/mol. The van der Waals surface area contributed by atoms with Crippen LogP contribution in [0.3, 0.4) is 0 Å². The molecule has 3 nitrogen and oxygen atoms in total. The molecule has 1 aliphatic carbocycles. The molecule has 0 aliphatic heterocycles. The summed E-state index contributed by atoms with van der Waals surface area (Å²) in [7, 11) is 1.92. The number of rotatable bonds is 4. The van der Waals surface area contributed by atoms with Gasteiger partial charge in [0.15, 0.2) is 0 Å². The highest BCUT2D eigenvalue weighted by atomic mass is 15.0. The molecule has 82 valence electrons. The Morgan fingerprint density at radius 3 is 2.27 bits per heavy atom. The van der Waals surface area contributed by atoms with Gasteiger partial charge in [0.1, 0.15) is 5.82 Å². The van der Waals surface area contributed by atoms with Gasteiger partial charge in [-0.2, -0.15) is 0 Å². The average Bonchev–Trinajstić information content (AvgIpc) is 2.95. The van der Waals surface area contributed by atoms with Gasteiger partial charge in [-0.25, -0.2) is 9.97 Å². The van der Waals surface area contributed by atoms with E-state index in [0.29, 0.717) is 0 Å². The van der Waals surface area contributed by atoms with Gasteiger partial charge in [0.25, 0.3) is 0 Å².